The monoisotopic (exact) mass is 260 g/mol. The zero-order valence-corrected chi connectivity index (χ0v) is 11.2. The second-order valence-electron chi connectivity index (χ2n) is 5.36. The highest BCUT2D eigenvalue weighted by Crippen LogP contribution is 2.35. The molecule has 2 aromatic rings. The van der Waals surface area contributed by atoms with Crippen LogP contribution in [0.25, 0.3) is 10.2 Å². The van der Waals surface area contributed by atoms with Crippen LogP contribution in [0, 0.1) is 18.8 Å². The summed E-state index contributed by atoms with van der Waals surface area (Å²) < 4.78 is 0. The molecule has 2 aromatic heterocycles. The van der Waals surface area contributed by atoms with E-state index in [1.54, 1.807) is 17.7 Å². The number of hydrogen-bond acceptors (Lipinski definition) is 5. The van der Waals surface area contributed by atoms with Crippen molar-refractivity contribution in [3.63, 3.8) is 0 Å². The van der Waals surface area contributed by atoms with Crippen LogP contribution >= 0.6 is 11.3 Å². The Hall–Kier alpha value is -1.20. The summed E-state index contributed by atoms with van der Waals surface area (Å²) >= 11 is 1.76. The molecule has 1 N–H and O–H groups in total. The van der Waals surface area contributed by atoms with Crippen molar-refractivity contribution in [2.24, 2.45) is 11.8 Å². The van der Waals surface area contributed by atoms with Crippen LogP contribution in [0.3, 0.4) is 0 Å². The lowest BCUT2D eigenvalue weighted by Crippen LogP contribution is -2.26. The predicted octanol–water partition coefficient (Wildman–Crippen LogP) is 1.66. The number of aryl methyl sites for hydroxylation is 1. The molecule has 0 radical (unpaired) electrons. The third-order valence-electron chi connectivity index (χ3n) is 4.12. The number of rotatable bonds is 1. The van der Waals surface area contributed by atoms with E-state index in [0.29, 0.717) is 0 Å². The zero-order chi connectivity index (χ0) is 12.1. The van der Waals surface area contributed by atoms with Gasteiger partial charge in [-0.1, -0.05) is 0 Å². The predicted molar refractivity (Wildman–Crippen MR) is 74.2 cm³/mol. The van der Waals surface area contributed by atoms with Crippen LogP contribution in [0.15, 0.2) is 12.4 Å². The van der Waals surface area contributed by atoms with Gasteiger partial charge in [-0.25, -0.2) is 9.97 Å². The van der Waals surface area contributed by atoms with Crippen LogP contribution in [0.1, 0.15) is 4.88 Å². The van der Waals surface area contributed by atoms with Gasteiger partial charge in [0, 0.05) is 31.1 Å². The molecule has 4 rings (SSSR count). The maximum atomic E-state index is 4.53. The molecule has 0 aliphatic carbocycles. The first-order valence-electron chi connectivity index (χ1n) is 6.48. The molecule has 5 heteroatoms. The lowest BCUT2D eigenvalue weighted by molar-refractivity contribution is 0.533. The summed E-state index contributed by atoms with van der Waals surface area (Å²) in [6.07, 6.45) is 1.71. The van der Waals surface area contributed by atoms with E-state index >= 15 is 0 Å². The maximum absolute atomic E-state index is 4.53. The summed E-state index contributed by atoms with van der Waals surface area (Å²) in [7, 11) is 0. The number of thiophene rings is 1. The van der Waals surface area contributed by atoms with Gasteiger partial charge in [0.25, 0.3) is 0 Å². The highest BCUT2D eigenvalue weighted by atomic mass is 32.1. The van der Waals surface area contributed by atoms with Gasteiger partial charge in [-0.15, -0.1) is 11.3 Å². The minimum atomic E-state index is 0.801. The van der Waals surface area contributed by atoms with Crippen molar-refractivity contribution < 1.29 is 0 Å². The van der Waals surface area contributed by atoms with Crippen LogP contribution in [0.5, 0.6) is 0 Å². The molecule has 2 fully saturated rings. The molecule has 4 heterocycles. The Morgan fingerprint density at radius 2 is 2.06 bits per heavy atom. The smallest absolute Gasteiger partial charge is 0.140 e. The Morgan fingerprint density at radius 3 is 2.83 bits per heavy atom. The molecule has 0 saturated carbocycles. The van der Waals surface area contributed by atoms with Gasteiger partial charge in [0.1, 0.15) is 17.0 Å². The molecule has 0 aromatic carbocycles. The summed E-state index contributed by atoms with van der Waals surface area (Å²) in [6.45, 7) is 6.74. The van der Waals surface area contributed by atoms with Crippen LogP contribution in [-0.4, -0.2) is 36.1 Å². The molecule has 4 nitrogen and oxygen atoms in total. The first-order valence-corrected chi connectivity index (χ1v) is 7.30. The standard InChI is InChI=1S/C13H16N4S/c1-8-2-11-12(15-7-16-13(11)18-8)17-5-9-3-14-4-10(9)6-17/h2,7,9-10,14H,3-6H2,1H3/t9-,10+. The summed E-state index contributed by atoms with van der Waals surface area (Å²) in [6, 6.07) is 2.22. The maximum Gasteiger partial charge on any atom is 0.140 e. The first-order chi connectivity index (χ1) is 8.81. The third-order valence-corrected chi connectivity index (χ3v) is 5.08. The van der Waals surface area contributed by atoms with Gasteiger partial charge in [-0.05, 0) is 24.8 Å². The number of fused-ring (bicyclic) bond motifs is 2. The van der Waals surface area contributed by atoms with Crippen molar-refractivity contribution in [1.29, 1.82) is 0 Å². The van der Waals surface area contributed by atoms with E-state index in [4.69, 9.17) is 0 Å². The minimum Gasteiger partial charge on any atom is -0.355 e. The van der Waals surface area contributed by atoms with Crippen molar-refractivity contribution in [2.45, 2.75) is 6.92 Å². The molecule has 0 spiro atoms. The fourth-order valence-electron chi connectivity index (χ4n) is 3.24. The lowest BCUT2D eigenvalue weighted by atomic mass is 10.0. The molecular formula is C13H16N4S. The Labute approximate surface area is 110 Å². The van der Waals surface area contributed by atoms with Gasteiger partial charge in [0.05, 0.1) is 5.39 Å². The SMILES string of the molecule is Cc1cc2c(N3C[C@H]4CNC[C@H]4C3)ncnc2s1. The fourth-order valence-corrected chi connectivity index (χ4v) is 4.09. The van der Waals surface area contributed by atoms with E-state index in [0.717, 1.165) is 48.7 Å². The van der Waals surface area contributed by atoms with Crippen molar-refractivity contribution in [1.82, 2.24) is 15.3 Å². The largest absolute Gasteiger partial charge is 0.355 e. The quantitative estimate of drug-likeness (QED) is 0.846. The summed E-state index contributed by atoms with van der Waals surface area (Å²) in [5.41, 5.74) is 0. The van der Waals surface area contributed by atoms with Crippen LogP contribution in [0.4, 0.5) is 5.82 Å². The molecule has 2 saturated heterocycles. The average molecular weight is 260 g/mol. The van der Waals surface area contributed by atoms with Gasteiger partial charge in [0.2, 0.25) is 0 Å². The summed E-state index contributed by atoms with van der Waals surface area (Å²) in [5, 5.41) is 4.71. The van der Waals surface area contributed by atoms with E-state index < -0.39 is 0 Å². The van der Waals surface area contributed by atoms with Crippen molar-refractivity contribution in [3.05, 3.63) is 17.3 Å². The molecule has 18 heavy (non-hydrogen) atoms. The third kappa shape index (κ3) is 1.54. The number of hydrogen-bond donors (Lipinski definition) is 1. The average Bonchev–Trinajstić information content (AvgIpc) is 2.98. The Bertz CT molecular complexity index is 582. The molecule has 2 aliphatic rings. The second-order valence-corrected chi connectivity index (χ2v) is 6.59. The van der Waals surface area contributed by atoms with Gasteiger partial charge in [-0.3, -0.25) is 0 Å². The molecule has 0 amide bonds. The second kappa shape index (κ2) is 3.90. The Morgan fingerprint density at radius 1 is 1.28 bits per heavy atom. The molecule has 2 aliphatic heterocycles. The highest BCUT2D eigenvalue weighted by molar-refractivity contribution is 7.18. The topological polar surface area (TPSA) is 41.0 Å². The fraction of sp³-hybridized carbons (Fsp3) is 0.538. The first kappa shape index (κ1) is 10.7. The van der Waals surface area contributed by atoms with E-state index in [2.05, 4.69) is 33.2 Å². The summed E-state index contributed by atoms with van der Waals surface area (Å²) in [4.78, 5) is 13.8. The molecule has 0 bridgehead atoms. The van der Waals surface area contributed by atoms with Crippen molar-refractivity contribution in [2.75, 3.05) is 31.1 Å². The Kier molecular flexibility index (Phi) is 2.32. The van der Waals surface area contributed by atoms with Crippen molar-refractivity contribution >= 4 is 27.4 Å². The zero-order valence-electron chi connectivity index (χ0n) is 10.4. The number of aromatic nitrogens is 2. The van der Waals surface area contributed by atoms with Crippen molar-refractivity contribution in [3.8, 4) is 0 Å². The normalized spacial score (nSPS) is 27.1. The van der Waals surface area contributed by atoms with Gasteiger partial charge in [-0.2, -0.15) is 0 Å². The highest BCUT2D eigenvalue weighted by Gasteiger charge is 2.37. The Balaban J connectivity index is 1.74. The van der Waals surface area contributed by atoms with E-state index in [1.807, 2.05) is 0 Å². The van der Waals surface area contributed by atoms with E-state index in [-0.39, 0.29) is 0 Å². The van der Waals surface area contributed by atoms with E-state index in [1.165, 1.54) is 10.3 Å². The lowest BCUT2D eigenvalue weighted by Gasteiger charge is -2.18. The van der Waals surface area contributed by atoms with E-state index in [9.17, 15) is 0 Å². The number of nitrogens with zero attached hydrogens (tertiary/aromatic N) is 3. The van der Waals surface area contributed by atoms with Crippen LogP contribution < -0.4 is 10.2 Å². The van der Waals surface area contributed by atoms with Crippen LogP contribution in [-0.2, 0) is 0 Å². The van der Waals surface area contributed by atoms with Gasteiger partial charge in [0.15, 0.2) is 0 Å². The van der Waals surface area contributed by atoms with Gasteiger partial charge < -0.3 is 10.2 Å². The number of anilines is 1. The molecule has 0 unspecified atom stereocenters. The van der Waals surface area contributed by atoms with Crippen LogP contribution in [0.2, 0.25) is 0 Å². The minimum absolute atomic E-state index is 0.801. The molecular weight excluding hydrogens is 244 g/mol. The number of nitrogens with one attached hydrogen (secondary N) is 1. The van der Waals surface area contributed by atoms with Gasteiger partial charge >= 0.3 is 0 Å². The molecule has 94 valence electrons. The summed E-state index contributed by atoms with van der Waals surface area (Å²) in [5.74, 6) is 2.74. The molecule has 2 atom stereocenters.